The van der Waals surface area contributed by atoms with E-state index < -0.39 is 20.9 Å². The van der Waals surface area contributed by atoms with E-state index in [2.05, 4.69) is 0 Å². The molecule has 7 heteroatoms. The van der Waals surface area contributed by atoms with Crippen LogP contribution in [-0.4, -0.2) is 44.2 Å². The molecule has 1 fully saturated rings. The predicted molar refractivity (Wildman–Crippen MR) is 90.6 cm³/mol. The Hall–Kier alpha value is -2.41. The number of carbonyl (C=O) groups is 1. The molecule has 0 aliphatic carbocycles. The highest BCUT2D eigenvalue weighted by atomic mass is 32.2. The molecule has 0 unspecified atom stereocenters. The fourth-order valence-corrected chi connectivity index (χ4v) is 4.25. The Morgan fingerprint density at radius 1 is 1.20 bits per heavy atom. The monoisotopic (exact) mass is 363 g/mol. The van der Waals surface area contributed by atoms with Crippen LogP contribution in [0.4, 0.5) is 4.39 Å². The molecule has 2 aromatic rings. The predicted octanol–water partition coefficient (Wildman–Crippen LogP) is 2.20. The summed E-state index contributed by atoms with van der Waals surface area (Å²) in [6.45, 7) is 2.03. The molecule has 1 amide bonds. The Morgan fingerprint density at radius 2 is 1.88 bits per heavy atom. The number of amides is 1. The van der Waals surface area contributed by atoms with Gasteiger partial charge in [0.2, 0.25) is 0 Å². The zero-order valence-electron chi connectivity index (χ0n) is 13.7. The van der Waals surface area contributed by atoms with Crippen LogP contribution in [0.15, 0.2) is 53.4 Å². The van der Waals surface area contributed by atoms with E-state index in [1.807, 2.05) is 25.1 Å². The molecule has 1 aliphatic heterocycles. The molecule has 1 aliphatic rings. The van der Waals surface area contributed by atoms with Crippen molar-refractivity contribution in [2.75, 3.05) is 19.7 Å². The van der Waals surface area contributed by atoms with E-state index >= 15 is 0 Å². The van der Waals surface area contributed by atoms with Crippen molar-refractivity contribution in [3.63, 3.8) is 0 Å². The maximum absolute atomic E-state index is 12.9. The van der Waals surface area contributed by atoms with Gasteiger partial charge in [0.05, 0.1) is 4.90 Å². The van der Waals surface area contributed by atoms with Crippen molar-refractivity contribution >= 4 is 15.7 Å². The van der Waals surface area contributed by atoms with Gasteiger partial charge in [0.1, 0.15) is 16.8 Å². The lowest BCUT2D eigenvalue weighted by Crippen LogP contribution is -2.57. The lowest BCUT2D eigenvalue weighted by molar-refractivity contribution is -0.136. The number of benzene rings is 2. The average molecular weight is 363 g/mol. The zero-order valence-corrected chi connectivity index (χ0v) is 14.5. The molecule has 2 aromatic carbocycles. The third kappa shape index (κ3) is 3.82. The first-order chi connectivity index (χ1) is 11.9. The number of hydrogen-bond acceptors (Lipinski definition) is 4. The van der Waals surface area contributed by atoms with Crippen LogP contribution in [0, 0.1) is 12.7 Å². The Morgan fingerprint density at radius 3 is 2.52 bits per heavy atom. The Labute approximate surface area is 145 Å². The van der Waals surface area contributed by atoms with Crippen molar-refractivity contribution in [1.29, 1.82) is 0 Å². The summed E-state index contributed by atoms with van der Waals surface area (Å²) >= 11 is 0. The number of carbonyl (C=O) groups excluding carboxylic acids is 1. The smallest absolute Gasteiger partial charge is 0.260 e. The summed E-state index contributed by atoms with van der Waals surface area (Å²) in [6, 6.07) is 12.1. The van der Waals surface area contributed by atoms with Gasteiger partial charge in [0.25, 0.3) is 5.91 Å². The van der Waals surface area contributed by atoms with Gasteiger partial charge in [-0.25, -0.2) is 12.8 Å². The van der Waals surface area contributed by atoms with E-state index in [-0.39, 0.29) is 30.5 Å². The number of nitrogens with zero attached hydrogens (tertiary/aromatic N) is 1. The number of sulfone groups is 1. The number of halogens is 1. The molecular weight excluding hydrogens is 345 g/mol. The molecule has 0 saturated carbocycles. The Balaban J connectivity index is 1.54. The molecule has 132 valence electrons. The first-order valence-electron chi connectivity index (χ1n) is 7.83. The quantitative estimate of drug-likeness (QED) is 0.764. The van der Waals surface area contributed by atoms with Crippen molar-refractivity contribution < 1.29 is 22.3 Å². The molecular formula is C18H18FNO4S. The minimum absolute atomic E-state index is 0.0713. The van der Waals surface area contributed by atoms with Crippen molar-refractivity contribution in [3.8, 4) is 5.75 Å². The van der Waals surface area contributed by atoms with Crippen LogP contribution < -0.4 is 4.74 Å². The maximum Gasteiger partial charge on any atom is 0.260 e. The number of aryl methyl sites for hydroxylation is 1. The normalized spacial score (nSPS) is 14.9. The van der Waals surface area contributed by atoms with Gasteiger partial charge in [-0.1, -0.05) is 12.1 Å². The largest absolute Gasteiger partial charge is 0.484 e. The van der Waals surface area contributed by atoms with E-state index in [0.717, 1.165) is 17.7 Å². The van der Waals surface area contributed by atoms with Crippen LogP contribution in [0.3, 0.4) is 0 Å². The van der Waals surface area contributed by atoms with Crippen LogP contribution in [0.2, 0.25) is 0 Å². The third-order valence-electron chi connectivity index (χ3n) is 4.13. The van der Waals surface area contributed by atoms with Gasteiger partial charge in [-0.05, 0) is 48.9 Å². The van der Waals surface area contributed by atoms with Crippen LogP contribution >= 0.6 is 0 Å². The van der Waals surface area contributed by atoms with Crippen molar-refractivity contribution in [1.82, 2.24) is 4.90 Å². The molecule has 25 heavy (non-hydrogen) atoms. The fourth-order valence-electron chi connectivity index (χ4n) is 2.60. The summed E-state index contributed by atoms with van der Waals surface area (Å²) < 4.78 is 43.2. The van der Waals surface area contributed by atoms with Crippen LogP contribution in [-0.2, 0) is 14.6 Å². The van der Waals surface area contributed by atoms with Gasteiger partial charge in [0, 0.05) is 13.1 Å². The highest BCUT2D eigenvalue weighted by Crippen LogP contribution is 2.24. The summed E-state index contributed by atoms with van der Waals surface area (Å²) in [6.07, 6.45) is 0. The van der Waals surface area contributed by atoms with E-state index in [0.29, 0.717) is 5.75 Å². The van der Waals surface area contributed by atoms with Crippen LogP contribution in [0.1, 0.15) is 5.56 Å². The van der Waals surface area contributed by atoms with E-state index in [4.69, 9.17) is 4.74 Å². The lowest BCUT2D eigenvalue weighted by atomic mass is 10.2. The standard InChI is InChI=1S/C18H18FNO4S/c1-13-3-2-4-15(9-13)24-12-18(21)20-10-17(11-20)25(22,23)16-7-5-14(19)6-8-16/h2-9,17H,10-12H2,1H3. The van der Waals surface area contributed by atoms with E-state index in [1.54, 1.807) is 6.07 Å². The molecule has 0 radical (unpaired) electrons. The van der Waals surface area contributed by atoms with Gasteiger partial charge in [-0.3, -0.25) is 4.79 Å². The molecule has 3 rings (SSSR count). The van der Waals surface area contributed by atoms with Crippen molar-refractivity contribution in [2.45, 2.75) is 17.1 Å². The van der Waals surface area contributed by atoms with Gasteiger partial charge >= 0.3 is 0 Å². The van der Waals surface area contributed by atoms with Crippen LogP contribution in [0.5, 0.6) is 5.75 Å². The second-order valence-electron chi connectivity index (χ2n) is 6.02. The van der Waals surface area contributed by atoms with Crippen molar-refractivity contribution in [2.24, 2.45) is 0 Å². The van der Waals surface area contributed by atoms with Gasteiger partial charge in [-0.2, -0.15) is 0 Å². The second-order valence-corrected chi connectivity index (χ2v) is 8.25. The number of hydrogen-bond donors (Lipinski definition) is 0. The highest BCUT2D eigenvalue weighted by molar-refractivity contribution is 7.92. The Bertz CT molecular complexity index is 874. The summed E-state index contributed by atoms with van der Waals surface area (Å²) in [7, 11) is -3.56. The topological polar surface area (TPSA) is 63.7 Å². The molecule has 5 nitrogen and oxygen atoms in total. The van der Waals surface area contributed by atoms with E-state index in [9.17, 15) is 17.6 Å². The maximum atomic E-state index is 12.9. The van der Waals surface area contributed by atoms with E-state index in [1.165, 1.54) is 17.0 Å². The Kier molecular flexibility index (Phi) is 4.76. The molecule has 0 spiro atoms. The lowest BCUT2D eigenvalue weighted by Gasteiger charge is -2.38. The van der Waals surface area contributed by atoms with Gasteiger partial charge in [0.15, 0.2) is 16.4 Å². The first-order valence-corrected chi connectivity index (χ1v) is 9.37. The SMILES string of the molecule is Cc1cccc(OCC(=O)N2CC(S(=O)(=O)c3ccc(F)cc3)C2)c1. The number of rotatable bonds is 5. The second kappa shape index (κ2) is 6.84. The average Bonchev–Trinajstić information content (AvgIpc) is 2.52. The summed E-state index contributed by atoms with van der Waals surface area (Å²) in [5.74, 6) is -0.144. The summed E-state index contributed by atoms with van der Waals surface area (Å²) in [4.78, 5) is 13.6. The summed E-state index contributed by atoms with van der Waals surface area (Å²) in [5, 5.41) is -0.666. The molecule has 0 bridgehead atoms. The summed E-state index contributed by atoms with van der Waals surface area (Å²) in [5.41, 5.74) is 1.03. The first kappa shape index (κ1) is 17.4. The highest BCUT2D eigenvalue weighted by Gasteiger charge is 2.40. The zero-order chi connectivity index (χ0) is 18.0. The van der Waals surface area contributed by atoms with Gasteiger partial charge < -0.3 is 9.64 Å². The minimum atomic E-state index is -3.56. The number of ether oxygens (including phenoxy) is 1. The fraction of sp³-hybridized carbons (Fsp3) is 0.278. The molecule has 0 aromatic heterocycles. The van der Waals surface area contributed by atoms with Gasteiger partial charge in [-0.15, -0.1) is 0 Å². The third-order valence-corrected chi connectivity index (χ3v) is 6.24. The molecule has 1 heterocycles. The number of likely N-dealkylation sites (tertiary alicyclic amines) is 1. The molecule has 1 saturated heterocycles. The molecule has 0 N–H and O–H groups in total. The van der Waals surface area contributed by atoms with Crippen LogP contribution in [0.25, 0.3) is 0 Å². The minimum Gasteiger partial charge on any atom is -0.484 e. The van der Waals surface area contributed by atoms with Crippen molar-refractivity contribution in [3.05, 3.63) is 59.9 Å². The molecule has 0 atom stereocenters.